The molecule has 1 saturated carbocycles. The van der Waals surface area contributed by atoms with Crippen molar-refractivity contribution in [2.45, 2.75) is 38.1 Å². The first-order valence-electron chi connectivity index (χ1n) is 6.88. The molecule has 4 nitrogen and oxygen atoms in total. The molecule has 0 spiro atoms. The number of hydrogen-bond donors (Lipinski definition) is 2. The van der Waals surface area contributed by atoms with Crippen LogP contribution in [0.2, 0.25) is 0 Å². The first-order chi connectivity index (χ1) is 9.86. The summed E-state index contributed by atoms with van der Waals surface area (Å²) in [5.74, 6) is -2.61. The summed E-state index contributed by atoms with van der Waals surface area (Å²) in [5.41, 5.74) is -1.47. The largest absolute Gasteiger partial charge is 0.479 e. The first kappa shape index (κ1) is 15.9. The van der Waals surface area contributed by atoms with E-state index in [0.29, 0.717) is 10.9 Å². The molecular formula is C15H17BrFNO3. The maximum absolute atomic E-state index is 13.8. The van der Waals surface area contributed by atoms with Gasteiger partial charge in [0.15, 0.2) is 0 Å². The number of carboxylic acids is 1. The van der Waals surface area contributed by atoms with Gasteiger partial charge in [0.1, 0.15) is 11.4 Å². The summed E-state index contributed by atoms with van der Waals surface area (Å²) in [5, 5.41) is 12.1. The third kappa shape index (κ3) is 3.10. The normalized spacial score (nSPS) is 25.4. The molecule has 0 aliphatic heterocycles. The van der Waals surface area contributed by atoms with Gasteiger partial charge in [0.05, 0.1) is 5.56 Å². The summed E-state index contributed by atoms with van der Waals surface area (Å²) < 4.78 is 14.3. The van der Waals surface area contributed by atoms with Crippen molar-refractivity contribution in [3.63, 3.8) is 0 Å². The third-order valence-electron chi connectivity index (χ3n) is 4.19. The van der Waals surface area contributed by atoms with Crippen LogP contribution in [0.3, 0.4) is 0 Å². The molecule has 1 aromatic carbocycles. The van der Waals surface area contributed by atoms with E-state index in [1.807, 2.05) is 6.92 Å². The Morgan fingerprint density at radius 2 is 2.14 bits per heavy atom. The van der Waals surface area contributed by atoms with E-state index in [4.69, 9.17) is 0 Å². The van der Waals surface area contributed by atoms with Crippen LogP contribution in [0.4, 0.5) is 4.39 Å². The molecule has 0 bridgehead atoms. The van der Waals surface area contributed by atoms with Crippen LogP contribution >= 0.6 is 15.9 Å². The quantitative estimate of drug-likeness (QED) is 0.871. The van der Waals surface area contributed by atoms with E-state index >= 15 is 0 Å². The van der Waals surface area contributed by atoms with Crippen molar-refractivity contribution >= 4 is 27.8 Å². The lowest BCUT2D eigenvalue weighted by atomic mass is 9.73. The zero-order valence-electron chi connectivity index (χ0n) is 11.7. The second-order valence-electron chi connectivity index (χ2n) is 5.50. The van der Waals surface area contributed by atoms with Crippen molar-refractivity contribution in [2.24, 2.45) is 5.92 Å². The Hall–Kier alpha value is -1.43. The van der Waals surface area contributed by atoms with Crippen molar-refractivity contribution in [1.29, 1.82) is 0 Å². The van der Waals surface area contributed by atoms with Gasteiger partial charge in [-0.15, -0.1) is 0 Å². The van der Waals surface area contributed by atoms with Gasteiger partial charge in [0.2, 0.25) is 0 Å². The predicted molar refractivity (Wildman–Crippen MR) is 79.6 cm³/mol. The average molecular weight is 358 g/mol. The minimum absolute atomic E-state index is 0.150. The van der Waals surface area contributed by atoms with Gasteiger partial charge >= 0.3 is 5.97 Å². The van der Waals surface area contributed by atoms with Crippen molar-refractivity contribution in [3.8, 4) is 0 Å². The highest BCUT2D eigenvalue weighted by Crippen LogP contribution is 2.34. The summed E-state index contributed by atoms with van der Waals surface area (Å²) >= 11 is 3.18. The van der Waals surface area contributed by atoms with Crippen LogP contribution in [0, 0.1) is 11.7 Å². The van der Waals surface area contributed by atoms with Crippen molar-refractivity contribution in [3.05, 3.63) is 34.1 Å². The summed E-state index contributed by atoms with van der Waals surface area (Å²) in [7, 11) is 0. The van der Waals surface area contributed by atoms with Gasteiger partial charge in [0.25, 0.3) is 5.91 Å². The van der Waals surface area contributed by atoms with E-state index in [1.54, 1.807) is 0 Å². The van der Waals surface area contributed by atoms with Crippen LogP contribution in [-0.2, 0) is 4.79 Å². The fraction of sp³-hybridized carbons (Fsp3) is 0.467. The Morgan fingerprint density at radius 1 is 1.43 bits per heavy atom. The molecule has 2 atom stereocenters. The monoisotopic (exact) mass is 357 g/mol. The SMILES string of the molecule is CC1CCCCC1(NC(=O)c1cc(Br)ccc1F)C(=O)O. The third-order valence-corrected chi connectivity index (χ3v) is 4.68. The molecule has 114 valence electrons. The molecule has 6 heteroatoms. The summed E-state index contributed by atoms with van der Waals surface area (Å²) in [6.07, 6.45) is 2.77. The molecule has 2 rings (SSSR count). The molecule has 2 unspecified atom stereocenters. The fourth-order valence-electron chi connectivity index (χ4n) is 2.85. The van der Waals surface area contributed by atoms with Gasteiger partial charge in [-0.2, -0.15) is 0 Å². The van der Waals surface area contributed by atoms with Crippen LogP contribution in [-0.4, -0.2) is 22.5 Å². The zero-order valence-corrected chi connectivity index (χ0v) is 13.2. The average Bonchev–Trinajstić information content (AvgIpc) is 2.43. The lowest BCUT2D eigenvalue weighted by Gasteiger charge is -2.39. The van der Waals surface area contributed by atoms with Gasteiger partial charge in [0, 0.05) is 4.47 Å². The maximum Gasteiger partial charge on any atom is 0.329 e. The highest BCUT2D eigenvalue weighted by atomic mass is 79.9. The molecule has 1 aromatic rings. The van der Waals surface area contributed by atoms with E-state index in [1.165, 1.54) is 18.2 Å². The zero-order chi connectivity index (χ0) is 15.6. The summed E-state index contributed by atoms with van der Waals surface area (Å²) in [4.78, 5) is 24.0. The highest BCUT2D eigenvalue weighted by Gasteiger charge is 2.46. The van der Waals surface area contributed by atoms with Crippen LogP contribution in [0.5, 0.6) is 0 Å². The summed E-state index contributed by atoms with van der Waals surface area (Å²) in [6.45, 7) is 1.81. The molecule has 0 radical (unpaired) electrons. The Kier molecular flexibility index (Phi) is 4.66. The number of halogens is 2. The number of amides is 1. The molecule has 1 fully saturated rings. The minimum atomic E-state index is -1.32. The van der Waals surface area contributed by atoms with Crippen molar-refractivity contribution < 1.29 is 19.1 Å². The van der Waals surface area contributed by atoms with Crippen LogP contribution in [0.25, 0.3) is 0 Å². The standard InChI is InChI=1S/C15H17BrFNO3/c1-9-4-2-3-7-15(9,14(20)21)18-13(19)11-8-10(16)5-6-12(11)17/h5-6,8-9H,2-4,7H2,1H3,(H,18,19)(H,20,21). The summed E-state index contributed by atoms with van der Waals surface area (Å²) in [6, 6.07) is 4.02. The Balaban J connectivity index is 2.31. The Labute approximate surface area is 130 Å². The molecular weight excluding hydrogens is 341 g/mol. The van der Waals surface area contributed by atoms with E-state index in [9.17, 15) is 19.1 Å². The van der Waals surface area contributed by atoms with E-state index in [2.05, 4.69) is 21.2 Å². The number of nitrogens with one attached hydrogen (secondary N) is 1. The Morgan fingerprint density at radius 3 is 2.76 bits per heavy atom. The molecule has 0 saturated heterocycles. The lowest BCUT2D eigenvalue weighted by Crippen LogP contribution is -2.60. The number of carboxylic acid groups (broad SMARTS) is 1. The predicted octanol–water partition coefficient (Wildman–Crippen LogP) is 3.35. The molecule has 0 heterocycles. The van der Waals surface area contributed by atoms with Gasteiger partial charge in [-0.25, -0.2) is 9.18 Å². The van der Waals surface area contributed by atoms with Crippen LogP contribution in [0.1, 0.15) is 43.0 Å². The maximum atomic E-state index is 13.8. The number of hydrogen-bond acceptors (Lipinski definition) is 2. The minimum Gasteiger partial charge on any atom is -0.479 e. The number of aliphatic carboxylic acids is 1. The smallest absolute Gasteiger partial charge is 0.329 e. The second kappa shape index (κ2) is 6.13. The number of carbonyl (C=O) groups is 2. The number of rotatable bonds is 3. The topological polar surface area (TPSA) is 66.4 Å². The van der Waals surface area contributed by atoms with E-state index < -0.39 is 23.2 Å². The second-order valence-corrected chi connectivity index (χ2v) is 6.42. The van der Waals surface area contributed by atoms with Crippen LogP contribution in [0.15, 0.2) is 22.7 Å². The fourth-order valence-corrected chi connectivity index (χ4v) is 3.21. The van der Waals surface area contributed by atoms with Crippen molar-refractivity contribution in [2.75, 3.05) is 0 Å². The van der Waals surface area contributed by atoms with Crippen molar-refractivity contribution in [1.82, 2.24) is 5.32 Å². The molecule has 1 aliphatic carbocycles. The Bertz CT molecular complexity index is 578. The number of carbonyl (C=O) groups excluding carboxylic acids is 1. The molecule has 21 heavy (non-hydrogen) atoms. The van der Waals surface area contributed by atoms with Gasteiger partial charge < -0.3 is 10.4 Å². The van der Waals surface area contributed by atoms with Gasteiger partial charge in [-0.1, -0.05) is 35.7 Å². The lowest BCUT2D eigenvalue weighted by molar-refractivity contribution is -0.148. The molecule has 0 aromatic heterocycles. The van der Waals surface area contributed by atoms with Crippen LogP contribution < -0.4 is 5.32 Å². The highest BCUT2D eigenvalue weighted by molar-refractivity contribution is 9.10. The molecule has 1 aliphatic rings. The molecule has 2 N–H and O–H groups in total. The van der Waals surface area contributed by atoms with E-state index in [0.717, 1.165) is 19.3 Å². The van der Waals surface area contributed by atoms with Gasteiger partial charge in [-0.05, 0) is 37.0 Å². The first-order valence-corrected chi connectivity index (χ1v) is 7.67. The number of benzene rings is 1. The van der Waals surface area contributed by atoms with E-state index in [-0.39, 0.29) is 11.5 Å². The molecule has 1 amide bonds. The van der Waals surface area contributed by atoms with Gasteiger partial charge in [-0.3, -0.25) is 4.79 Å².